The van der Waals surface area contributed by atoms with Gasteiger partial charge < -0.3 is 5.32 Å². The normalized spacial score (nSPS) is 13.8. The maximum absolute atomic E-state index is 13.2. The molecule has 26 heavy (non-hydrogen) atoms. The van der Waals surface area contributed by atoms with Gasteiger partial charge in [0.2, 0.25) is 0 Å². The Morgan fingerprint density at radius 3 is 2.58 bits per heavy atom. The molecule has 0 saturated heterocycles. The molecule has 2 aromatic rings. The van der Waals surface area contributed by atoms with Gasteiger partial charge in [0.1, 0.15) is 0 Å². The molecule has 1 heterocycles. The standard InChI is InChI=1S/C18H17F3N4O/c19-18(20,21)16-14-3-1-2-4-15(14)25(24-16)10-9-23-17(26)13-7-5-12(11-22)6-8-13/h5-8H,1-4,9-10H2,(H,23,26). The first kappa shape index (κ1) is 18.0. The van der Waals surface area contributed by atoms with Gasteiger partial charge in [-0.25, -0.2) is 0 Å². The summed E-state index contributed by atoms with van der Waals surface area (Å²) >= 11 is 0. The van der Waals surface area contributed by atoms with Crippen LogP contribution in [-0.4, -0.2) is 22.2 Å². The van der Waals surface area contributed by atoms with Crippen LogP contribution in [0.4, 0.5) is 13.2 Å². The van der Waals surface area contributed by atoms with Crippen molar-refractivity contribution >= 4 is 5.91 Å². The van der Waals surface area contributed by atoms with Crippen molar-refractivity contribution in [3.8, 4) is 6.07 Å². The molecular formula is C18H17F3N4O. The molecule has 1 aromatic carbocycles. The Hall–Kier alpha value is -2.82. The van der Waals surface area contributed by atoms with Crippen LogP contribution in [0, 0.1) is 11.3 Å². The molecule has 0 spiro atoms. The number of carbonyl (C=O) groups is 1. The molecule has 136 valence electrons. The number of rotatable bonds is 4. The number of alkyl halides is 3. The van der Waals surface area contributed by atoms with E-state index in [0.717, 1.165) is 12.8 Å². The van der Waals surface area contributed by atoms with Crippen LogP contribution in [0.1, 0.15) is 45.7 Å². The average Bonchev–Trinajstić information content (AvgIpc) is 3.01. The Kier molecular flexibility index (Phi) is 4.98. The van der Waals surface area contributed by atoms with Gasteiger partial charge in [0.25, 0.3) is 5.91 Å². The Labute approximate surface area is 148 Å². The summed E-state index contributed by atoms with van der Waals surface area (Å²) in [6.07, 6.45) is -1.92. The van der Waals surface area contributed by atoms with Crippen LogP contribution in [0.25, 0.3) is 0 Å². The third-order valence-corrected chi connectivity index (χ3v) is 4.41. The molecule has 1 aliphatic rings. The second-order valence-corrected chi connectivity index (χ2v) is 6.15. The first-order chi connectivity index (χ1) is 12.4. The summed E-state index contributed by atoms with van der Waals surface area (Å²) in [5.74, 6) is -0.341. The van der Waals surface area contributed by atoms with Crippen LogP contribution in [0.5, 0.6) is 0 Å². The highest BCUT2D eigenvalue weighted by Gasteiger charge is 2.39. The van der Waals surface area contributed by atoms with Crippen molar-refractivity contribution in [3.05, 3.63) is 52.3 Å². The van der Waals surface area contributed by atoms with Crippen LogP contribution in [0.3, 0.4) is 0 Å². The largest absolute Gasteiger partial charge is 0.435 e. The van der Waals surface area contributed by atoms with E-state index in [1.807, 2.05) is 6.07 Å². The van der Waals surface area contributed by atoms with Crippen molar-refractivity contribution in [3.63, 3.8) is 0 Å². The summed E-state index contributed by atoms with van der Waals surface area (Å²) in [5, 5.41) is 15.2. The monoisotopic (exact) mass is 362 g/mol. The number of benzene rings is 1. The van der Waals surface area contributed by atoms with E-state index >= 15 is 0 Å². The number of carbonyl (C=O) groups excluding carboxylic acids is 1. The lowest BCUT2D eigenvalue weighted by atomic mass is 9.95. The van der Waals surface area contributed by atoms with E-state index in [-0.39, 0.29) is 19.0 Å². The highest BCUT2D eigenvalue weighted by molar-refractivity contribution is 5.94. The lowest BCUT2D eigenvalue weighted by molar-refractivity contribution is -0.142. The second-order valence-electron chi connectivity index (χ2n) is 6.15. The molecular weight excluding hydrogens is 345 g/mol. The smallest absolute Gasteiger partial charge is 0.350 e. The fourth-order valence-electron chi connectivity index (χ4n) is 3.16. The fourth-order valence-corrected chi connectivity index (χ4v) is 3.16. The number of aromatic nitrogens is 2. The highest BCUT2D eigenvalue weighted by Crippen LogP contribution is 2.35. The van der Waals surface area contributed by atoms with Crippen molar-refractivity contribution in [1.29, 1.82) is 5.26 Å². The number of halogens is 3. The summed E-state index contributed by atoms with van der Waals surface area (Å²) in [5.41, 5.74) is 0.954. The van der Waals surface area contributed by atoms with Gasteiger partial charge in [-0.15, -0.1) is 0 Å². The van der Waals surface area contributed by atoms with E-state index in [1.54, 1.807) is 0 Å². The third kappa shape index (κ3) is 3.72. The van der Waals surface area contributed by atoms with Gasteiger partial charge in [0.15, 0.2) is 5.69 Å². The number of fused-ring (bicyclic) bond motifs is 1. The fraction of sp³-hybridized carbons (Fsp3) is 0.389. The van der Waals surface area contributed by atoms with Gasteiger partial charge >= 0.3 is 6.18 Å². The number of nitriles is 1. The van der Waals surface area contributed by atoms with E-state index in [0.29, 0.717) is 35.2 Å². The molecule has 1 amide bonds. The molecule has 0 saturated carbocycles. The number of amides is 1. The lowest BCUT2D eigenvalue weighted by Crippen LogP contribution is -2.28. The topological polar surface area (TPSA) is 70.7 Å². The lowest BCUT2D eigenvalue weighted by Gasteiger charge is -2.15. The molecule has 0 aliphatic heterocycles. The SMILES string of the molecule is N#Cc1ccc(C(=O)NCCn2nc(C(F)(F)F)c3c2CCCC3)cc1. The van der Waals surface area contributed by atoms with Gasteiger partial charge in [-0.2, -0.15) is 23.5 Å². The van der Waals surface area contributed by atoms with Crippen molar-refractivity contribution in [2.24, 2.45) is 0 Å². The zero-order chi connectivity index (χ0) is 18.7. The van der Waals surface area contributed by atoms with Crippen molar-refractivity contribution in [2.75, 3.05) is 6.54 Å². The summed E-state index contributed by atoms with van der Waals surface area (Å²) in [7, 11) is 0. The molecule has 3 rings (SSSR count). The Bertz CT molecular complexity index is 847. The number of hydrogen-bond donors (Lipinski definition) is 1. The minimum atomic E-state index is -4.46. The Balaban J connectivity index is 1.67. The predicted molar refractivity (Wildman–Crippen MR) is 87.4 cm³/mol. The van der Waals surface area contributed by atoms with E-state index in [2.05, 4.69) is 10.4 Å². The highest BCUT2D eigenvalue weighted by atomic mass is 19.4. The number of nitrogens with zero attached hydrogens (tertiary/aromatic N) is 3. The van der Waals surface area contributed by atoms with Crippen LogP contribution in [0.15, 0.2) is 24.3 Å². The minimum Gasteiger partial charge on any atom is -0.350 e. The van der Waals surface area contributed by atoms with Gasteiger partial charge in [-0.05, 0) is 49.9 Å². The van der Waals surface area contributed by atoms with E-state index < -0.39 is 11.9 Å². The summed E-state index contributed by atoms with van der Waals surface area (Å²) in [4.78, 5) is 12.1. The molecule has 0 radical (unpaired) electrons. The molecule has 1 N–H and O–H groups in total. The second kappa shape index (κ2) is 7.20. The van der Waals surface area contributed by atoms with Gasteiger partial charge in [0, 0.05) is 23.4 Å². The predicted octanol–water partition coefficient (Wildman–Crippen LogP) is 3.08. The van der Waals surface area contributed by atoms with Gasteiger partial charge in [-0.3, -0.25) is 9.48 Å². The van der Waals surface area contributed by atoms with E-state index in [9.17, 15) is 18.0 Å². The quantitative estimate of drug-likeness (QED) is 0.909. The van der Waals surface area contributed by atoms with Crippen molar-refractivity contribution < 1.29 is 18.0 Å². The third-order valence-electron chi connectivity index (χ3n) is 4.41. The van der Waals surface area contributed by atoms with Crippen molar-refractivity contribution in [1.82, 2.24) is 15.1 Å². The maximum Gasteiger partial charge on any atom is 0.435 e. The van der Waals surface area contributed by atoms with E-state index in [4.69, 9.17) is 5.26 Å². The van der Waals surface area contributed by atoms with Crippen LogP contribution < -0.4 is 5.32 Å². The van der Waals surface area contributed by atoms with Crippen LogP contribution >= 0.6 is 0 Å². The first-order valence-electron chi connectivity index (χ1n) is 8.34. The van der Waals surface area contributed by atoms with Crippen molar-refractivity contribution in [2.45, 2.75) is 38.4 Å². The number of nitrogens with one attached hydrogen (secondary N) is 1. The Morgan fingerprint density at radius 1 is 1.23 bits per heavy atom. The first-order valence-corrected chi connectivity index (χ1v) is 8.34. The van der Waals surface area contributed by atoms with Gasteiger partial charge in [-0.1, -0.05) is 0 Å². The minimum absolute atomic E-state index is 0.171. The molecule has 5 nitrogen and oxygen atoms in total. The molecule has 0 fully saturated rings. The van der Waals surface area contributed by atoms with Crippen LogP contribution in [-0.2, 0) is 25.6 Å². The summed E-state index contributed by atoms with van der Waals surface area (Å²) in [6, 6.07) is 8.10. The molecule has 1 aliphatic carbocycles. The molecule has 8 heteroatoms. The Morgan fingerprint density at radius 2 is 1.92 bits per heavy atom. The molecule has 0 unspecified atom stereocenters. The zero-order valence-electron chi connectivity index (χ0n) is 13.9. The molecule has 0 bridgehead atoms. The summed E-state index contributed by atoms with van der Waals surface area (Å²) in [6.45, 7) is 0.352. The molecule has 1 aromatic heterocycles. The maximum atomic E-state index is 13.2. The van der Waals surface area contributed by atoms with E-state index in [1.165, 1.54) is 28.9 Å². The average molecular weight is 362 g/mol. The number of hydrogen-bond acceptors (Lipinski definition) is 3. The molecule has 0 atom stereocenters. The van der Waals surface area contributed by atoms with Gasteiger partial charge in [0.05, 0.1) is 18.2 Å². The van der Waals surface area contributed by atoms with Crippen LogP contribution in [0.2, 0.25) is 0 Å². The summed E-state index contributed by atoms with van der Waals surface area (Å²) < 4.78 is 40.8. The zero-order valence-corrected chi connectivity index (χ0v) is 13.9.